The molecule has 1 aromatic heterocycles. The molecule has 6 nitrogen and oxygen atoms in total. The highest BCUT2D eigenvalue weighted by molar-refractivity contribution is 5.97. The first-order chi connectivity index (χ1) is 11.7. The topological polar surface area (TPSA) is 71.5 Å². The number of para-hydroxylation sites is 2. The molecular formula is C18H19N3O3. The summed E-state index contributed by atoms with van der Waals surface area (Å²) in [5.41, 5.74) is 1.59. The van der Waals surface area contributed by atoms with E-state index in [0.717, 1.165) is 11.4 Å². The minimum Gasteiger partial charge on any atom is -0.482 e. The largest absolute Gasteiger partial charge is 0.482 e. The summed E-state index contributed by atoms with van der Waals surface area (Å²) in [6.07, 6.45) is 2.65. The average Bonchev–Trinajstić information content (AvgIpc) is 2.63. The number of carbonyl (C=O) groups excluding carboxylic acids is 2. The van der Waals surface area contributed by atoms with Crippen LogP contribution in [0.5, 0.6) is 5.75 Å². The lowest BCUT2D eigenvalue weighted by atomic mass is 10.2. The fourth-order valence-corrected chi connectivity index (χ4v) is 2.58. The van der Waals surface area contributed by atoms with E-state index in [1.165, 1.54) is 0 Å². The maximum Gasteiger partial charge on any atom is 0.265 e. The van der Waals surface area contributed by atoms with E-state index in [4.69, 9.17) is 4.74 Å². The van der Waals surface area contributed by atoms with Crippen LogP contribution in [0.3, 0.4) is 0 Å². The maximum absolute atomic E-state index is 12.0. The number of hydrogen-bond donors (Lipinski definition) is 1. The van der Waals surface area contributed by atoms with Crippen molar-refractivity contribution in [2.45, 2.75) is 19.4 Å². The normalized spacial score (nSPS) is 13.2. The molecule has 0 aliphatic carbocycles. The number of nitrogens with zero attached hydrogens (tertiary/aromatic N) is 2. The summed E-state index contributed by atoms with van der Waals surface area (Å²) >= 11 is 0. The van der Waals surface area contributed by atoms with Crippen molar-refractivity contribution in [2.24, 2.45) is 0 Å². The van der Waals surface area contributed by atoms with E-state index in [1.807, 2.05) is 42.5 Å². The first kappa shape index (κ1) is 16.0. The van der Waals surface area contributed by atoms with Gasteiger partial charge in [0, 0.05) is 19.2 Å². The van der Waals surface area contributed by atoms with E-state index in [2.05, 4.69) is 10.3 Å². The van der Waals surface area contributed by atoms with Crippen LogP contribution in [-0.4, -0.2) is 29.9 Å². The van der Waals surface area contributed by atoms with Gasteiger partial charge in [0.05, 0.1) is 17.9 Å². The Hall–Kier alpha value is -2.89. The van der Waals surface area contributed by atoms with Crippen molar-refractivity contribution in [1.82, 2.24) is 10.3 Å². The van der Waals surface area contributed by atoms with Gasteiger partial charge in [0.1, 0.15) is 5.75 Å². The molecule has 0 saturated heterocycles. The Morgan fingerprint density at radius 2 is 2.04 bits per heavy atom. The minimum atomic E-state index is -0.0809. The Bertz CT molecular complexity index is 718. The first-order valence-corrected chi connectivity index (χ1v) is 7.93. The molecule has 2 heterocycles. The number of carbonyl (C=O) groups is 2. The third-order valence-electron chi connectivity index (χ3n) is 3.79. The fourth-order valence-electron chi connectivity index (χ4n) is 2.58. The molecule has 0 bridgehead atoms. The molecule has 124 valence electrons. The van der Waals surface area contributed by atoms with Crippen LogP contribution >= 0.6 is 0 Å². The highest BCUT2D eigenvalue weighted by Crippen LogP contribution is 2.31. The van der Waals surface area contributed by atoms with Crippen molar-refractivity contribution in [3.05, 3.63) is 54.4 Å². The van der Waals surface area contributed by atoms with Crippen molar-refractivity contribution in [2.75, 3.05) is 18.1 Å². The Kier molecular flexibility index (Phi) is 5.05. The number of amides is 2. The molecule has 2 amide bonds. The monoisotopic (exact) mass is 325 g/mol. The third-order valence-corrected chi connectivity index (χ3v) is 3.79. The molecule has 0 fully saturated rings. The van der Waals surface area contributed by atoms with Crippen molar-refractivity contribution in [3.63, 3.8) is 0 Å². The van der Waals surface area contributed by atoms with Crippen molar-refractivity contribution in [1.29, 1.82) is 0 Å². The lowest BCUT2D eigenvalue weighted by molar-refractivity contribution is -0.123. The van der Waals surface area contributed by atoms with Crippen LogP contribution in [0, 0.1) is 0 Å². The van der Waals surface area contributed by atoms with Gasteiger partial charge in [0.15, 0.2) is 6.61 Å². The van der Waals surface area contributed by atoms with Crippen LogP contribution in [-0.2, 0) is 16.1 Å². The number of aromatic nitrogens is 1. The maximum atomic E-state index is 12.0. The van der Waals surface area contributed by atoms with E-state index in [9.17, 15) is 9.59 Å². The van der Waals surface area contributed by atoms with Gasteiger partial charge in [-0.1, -0.05) is 18.2 Å². The average molecular weight is 325 g/mol. The van der Waals surface area contributed by atoms with Crippen LogP contribution in [0.2, 0.25) is 0 Å². The van der Waals surface area contributed by atoms with E-state index in [-0.39, 0.29) is 18.4 Å². The van der Waals surface area contributed by atoms with Crippen LogP contribution in [0.25, 0.3) is 0 Å². The molecule has 3 rings (SSSR count). The molecule has 24 heavy (non-hydrogen) atoms. The summed E-state index contributed by atoms with van der Waals surface area (Å²) in [6.45, 7) is 0.956. The summed E-state index contributed by atoms with van der Waals surface area (Å²) in [5, 5.41) is 2.84. The molecule has 1 aliphatic heterocycles. The molecule has 1 N–H and O–H groups in total. The van der Waals surface area contributed by atoms with Gasteiger partial charge in [-0.05, 0) is 30.7 Å². The van der Waals surface area contributed by atoms with Crippen LogP contribution in [0.1, 0.15) is 18.5 Å². The molecule has 0 saturated carbocycles. The predicted molar refractivity (Wildman–Crippen MR) is 89.6 cm³/mol. The Morgan fingerprint density at radius 3 is 2.88 bits per heavy atom. The van der Waals surface area contributed by atoms with Gasteiger partial charge in [-0.25, -0.2) is 0 Å². The second-order valence-electron chi connectivity index (χ2n) is 5.50. The number of rotatable bonds is 6. The van der Waals surface area contributed by atoms with Gasteiger partial charge in [-0.3, -0.25) is 14.6 Å². The fraction of sp³-hybridized carbons (Fsp3) is 0.278. The minimum absolute atomic E-state index is 0.0445. The smallest absolute Gasteiger partial charge is 0.265 e. The summed E-state index contributed by atoms with van der Waals surface area (Å²) in [5.74, 6) is 0.578. The Morgan fingerprint density at radius 1 is 1.21 bits per heavy atom. The van der Waals surface area contributed by atoms with Gasteiger partial charge in [-0.15, -0.1) is 0 Å². The summed E-state index contributed by atoms with van der Waals surface area (Å²) in [7, 11) is 0. The van der Waals surface area contributed by atoms with Gasteiger partial charge in [0.2, 0.25) is 5.91 Å². The van der Waals surface area contributed by atoms with Gasteiger partial charge < -0.3 is 15.0 Å². The predicted octanol–water partition coefficient (Wildman–Crippen LogP) is 1.90. The first-order valence-electron chi connectivity index (χ1n) is 7.93. The zero-order valence-corrected chi connectivity index (χ0v) is 13.3. The molecule has 0 unspecified atom stereocenters. The zero-order valence-electron chi connectivity index (χ0n) is 13.3. The lowest BCUT2D eigenvalue weighted by Gasteiger charge is -2.29. The summed E-state index contributed by atoms with van der Waals surface area (Å²) in [6, 6.07) is 13.0. The second-order valence-corrected chi connectivity index (χ2v) is 5.50. The number of nitrogens with one attached hydrogen (secondary N) is 1. The molecule has 1 aromatic carbocycles. The molecule has 2 aromatic rings. The molecule has 0 atom stereocenters. The number of hydrogen-bond acceptors (Lipinski definition) is 4. The van der Waals surface area contributed by atoms with Crippen LogP contribution < -0.4 is 15.0 Å². The molecule has 1 aliphatic rings. The third kappa shape index (κ3) is 3.90. The number of benzene rings is 1. The quantitative estimate of drug-likeness (QED) is 0.880. The standard InChI is InChI=1S/C18H19N3O3/c22-17(20-12-14-6-3-4-10-19-14)9-5-11-21-15-7-1-2-8-16(15)24-13-18(21)23/h1-4,6-8,10H,5,9,11-13H2,(H,20,22). The van der Waals surface area contributed by atoms with Crippen LogP contribution in [0.4, 0.5) is 5.69 Å². The molecule has 6 heteroatoms. The number of anilines is 1. The van der Waals surface area contributed by atoms with Gasteiger partial charge in [0.25, 0.3) is 5.91 Å². The van der Waals surface area contributed by atoms with E-state index in [0.29, 0.717) is 31.7 Å². The van der Waals surface area contributed by atoms with Gasteiger partial charge >= 0.3 is 0 Å². The molecule has 0 spiro atoms. The Labute approximate surface area is 140 Å². The van der Waals surface area contributed by atoms with Crippen LogP contribution in [0.15, 0.2) is 48.7 Å². The number of pyridine rings is 1. The SMILES string of the molecule is O=C(CCCN1C(=O)COc2ccccc21)NCc1ccccn1. The van der Waals surface area contributed by atoms with E-state index in [1.54, 1.807) is 11.1 Å². The highest BCUT2D eigenvalue weighted by atomic mass is 16.5. The number of ether oxygens (including phenoxy) is 1. The van der Waals surface area contributed by atoms with Crippen molar-refractivity contribution < 1.29 is 14.3 Å². The second kappa shape index (κ2) is 7.59. The zero-order chi connectivity index (χ0) is 16.8. The summed E-state index contributed by atoms with van der Waals surface area (Å²) in [4.78, 5) is 29.8. The van der Waals surface area contributed by atoms with E-state index >= 15 is 0 Å². The molecule has 0 radical (unpaired) electrons. The summed E-state index contributed by atoms with van der Waals surface area (Å²) < 4.78 is 5.40. The number of fused-ring (bicyclic) bond motifs is 1. The molecular weight excluding hydrogens is 306 g/mol. The van der Waals surface area contributed by atoms with Crippen molar-refractivity contribution >= 4 is 17.5 Å². The Balaban J connectivity index is 1.48. The lowest BCUT2D eigenvalue weighted by Crippen LogP contribution is -2.39. The van der Waals surface area contributed by atoms with Crippen molar-refractivity contribution in [3.8, 4) is 5.75 Å². The highest BCUT2D eigenvalue weighted by Gasteiger charge is 2.24. The van der Waals surface area contributed by atoms with E-state index < -0.39 is 0 Å². The van der Waals surface area contributed by atoms with Gasteiger partial charge in [-0.2, -0.15) is 0 Å².